The number of rotatable bonds is 48. The number of carboxylic acid groups (broad SMARTS) is 1. The van der Waals surface area contributed by atoms with Gasteiger partial charge in [-0.1, -0.05) is 194 Å². The maximum Gasteiger partial charge on any atom is 0.472 e. The first kappa shape index (κ1) is 63.6. The summed E-state index contributed by atoms with van der Waals surface area (Å²) in [6.45, 7) is 3.64. The van der Waals surface area contributed by atoms with E-state index in [9.17, 15) is 19.0 Å². The summed E-state index contributed by atoms with van der Waals surface area (Å²) in [5.41, 5.74) is 5.37. The first-order valence-corrected chi connectivity index (χ1v) is 27.4. The van der Waals surface area contributed by atoms with Gasteiger partial charge in [0.05, 0.1) is 19.8 Å². The Labute approximate surface area is 408 Å². The summed E-state index contributed by atoms with van der Waals surface area (Å²) < 4.78 is 33.5. The van der Waals surface area contributed by atoms with Gasteiger partial charge >= 0.3 is 19.8 Å². The van der Waals surface area contributed by atoms with E-state index in [1.165, 1.54) is 70.6 Å². The monoisotopic (exact) mass is 956 g/mol. The van der Waals surface area contributed by atoms with Gasteiger partial charge in [-0.2, -0.15) is 0 Å². The molecule has 0 bridgehead atoms. The number of hydrogen-bond donors (Lipinski definition) is 3. The van der Waals surface area contributed by atoms with Crippen LogP contribution in [0.4, 0.5) is 0 Å². The number of allylic oxidation sites excluding steroid dienone is 18. The Morgan fingerprint density at radius 3 is 1.30 bits per heavy atom. The number of carbonyl (C=O) groups is 2. The largest absolute Gasteiger partial charge is 0.480 e. The first-order chi connectivity index (χ1) is 32.7. The van der Waals surface area contributed by atoms with E-state index in [0.29, 0.717) is 13.0 Å². The van der Waals surface area contributed by atoms with Gasteiger partial charge in [0.15, 0.2) is 0 Å². The van der Waals surface area contributed by atoms with Gasteiger partial charge in [-0.15, -0.1) is 0 Å². The molecule has 382 valence electrons. The summed E-state index contributed by atoms with van der Waals surface area (Å²) in [7, 11) is -4.65. The van der Waals surface area contributed by atoms with Gasteiger partial charge < -0.3 is 25.2 Å². The first-order valence-electron chi connectivity index (χ1n) is 25.9. The molecule has 0 aliphatic heterocycles. The van der Waals surface area contributed by atoms with Crippen molar-refractivity contribution in [3.05, 3.63) is 109 Å². The molecule has 0 aromatic carbocycles. The molecule has 0 rings (SSSR count). The fourth-order valence-electron chi connectivity index (χ4n) is 6.55. The molecule has 11 heteroatoms. The van der Waals surface area contributed by atoms with Gasteiger partial charge in [-0.25, -0.2) is 4.57 Å². The Balaban J connectivity index is 4.28. The fourth-order valence-corrected chi connectivity index (χ4v) is 7.33. The van der Waals surface area contributed by atoms with Crippen LogP contribution in [-0.2, 0) is 32.7 Å². The molecule has 0 aliphatic rings. The van der Waals surface area contributed by atoms with Crippen molar-refractivity contribution in [2.24, 2.45) is 5.73 Å². The number of aliphatic carboxylic acids is 1. The van der Waals surface area contributed by atoms with E-state index >= 15 is 0 Å². The highest BCUT2D eigenvalue weighted by Gasteiger charge is 2.27. The Hall–Kier alpha value is -3.37. The third kappa shape index (κ3) is 50.3. The van der Waals surface area contributed by atoms with E-state index in [-0.39, 0.29) is 13.0 Å². The number of phosphoric ester groups is 1. The number of esters is 1. The number of ether oxygens (including phenoxy) is 2. The maximum absolute atomic E-state index is 12.7. The molecule has 0 fully saturated rings. The minimum Gasteiger partial charge on any atom is -0.480 e. The molecule has 0 spiro atoms. The van der Waals surface area contributed by atoms with Crippen LogP contribution in [0.15, 0.2) is 109 Å². The standard InChI is InChI=1S/C56H94NO9P/c1-3-5-7-9-11-13-15-17-19-21-23-25-26-27-29-31-33-35-37-39-41-43-45-47-49-63-50-53(51-64-67(61,62)65-52-54(57)56(59)60)66-55(58)48-46-44-42-40-38-36-34-32-30-28-24-22-20-18-16-14-12-10-8-6-4-2/h5,7,11,13,16-19,22-25,27,29,33,35,39,41,53-54H,3-4,6,8-10,12,14-15,20-21,26,28,30-32,34,36-38,40,42-52,57H2,1-2H3,(H,59,60)(H,61,62)/b7-5-,13-11-,18-16-,19-17-,24-22-,25-23-,29-27-,35-33-,41-39-. The second kappa shape index (κ2) is 50.5. The van der Waals surface area contributed by atoms with Crippen molar-refractivity contribution in [3.63, 3.8) is 0 Å². The van der Waals surface area contributed by atoms with Crippen LogP contribution in [0.3, 0.4) is 0 Å². The van der Waals surface area contributed by atoms with Crippen LogP contribution in [0.1, 0.15) is 194 Å². The lowest BCUT2D eigenvalue weighted by Crippen LogP contribution is -2.34. The summed E-state index contributed by atoms with van der Waals surface area (Å²) in [5, 5.41) is 8.93. The van der Waals surface area contributed by atoms with Gasteiger partial charge in [0.1, 0.15) is 12.1 Å². The van der Waals surface area contributed by atoms with E-state index in [1.807, 2.05) is 0 Å². The van der Waals surface area contributed by atoms with Gasteiger partial charge in [-0.05, 0) is 103 Å². The highest BCUT2D eigenvalue weighted by molar-refractivity contribution is 7.47. The zero-order chi connectivity index (χ0) is 49.0. The molecular weight excluding hydrogens is 862 g/mol. The van der Waals surface area contributed by atoms with E-state index in [1.54, 1.807) is 0 Å². The van der Waals surface area contributed by atoms with Crippen LogP contribution < -0.4 is 5.73 Å². The van der Waals surface area contributed by atoms with Crippen LogP contribution in [0.2, 0.25) is 0 Å². The molecule has 0 aromatic rings. The summed E-state index contributed by atoms with van der Waals surface area (Å²) in [6.07, 6.45) is 68.6. The summed E-state index contributed by atoms with van der Waals surface area (Å²) in [6, 6.07) is -1.49. The normalized spacial score (nSPS) is 14.6. The number of hydrogen-bond acceptors (Lipinski definition) is 8. The molecule has 10 nitrogen and oxygen atoms in total. The van der Waals surface area contributed by atoms with Crippen LogP contribution >= 0.6 is 7.82 Å². The average molecular weight is 956 g/mol. The third-order valence-corrected chi connectivity index (χ3v) is 11.5. The SMILES string of the molecule is CC/C=C\C/C=C\C/C=C\C/C=C\C/C=C\C/C=C\C/C=C\CCCCOCC(COP(=O)(O)OCC(N)C(=O)O)OC(=O)CCCCCCCCCCC/C=C\C/C=C\CCCCCCC. The van der Waals surface area contributed by atoms with Gasteiger partial charge in [-0.3, -0.25) is 18.6 Å². The van der Waals surface area contributed by atoms with E-state index in [0.717, 1.165) is 96.3 Å². The zero-order valence-corrected chi connectivity index (χ0v) is 42.8. The molecule has 3 atom stereocenters. The zero-order valence-electron chi connectivity index (χ0n) is 42.0. The molecular formula is C56H94NO9P. The van der Waals surface area contributed by atoms with Crippen molar-refractivity contribution in [1.82, 2.24) is 0 Å². The van der Waals surface area contributed by atoms with E-state index in [2.05, 4.69) is 123 Å². The molecule has 67 heavy (non-hydrogen) atoms. The fraction of sp³-hybridized carbons (Fsp3) is 0.643. The minimum atomic E-state index is -4.65. The highest BCUT2D eigenvalue weighted by atomic mass is 31.2. The minimum absolute atomic E-state index is 0.0220. The van der Waals surface area contributed by atoms with Crippen molar-refractivity contribution >= 4 is 19.8 Å². The molecule has 0 saturated heterocycles. The molecule has 0 saturated carbocycles. The van der Waals surface area contributed by atoms with Crippen molar-refractivity contribution in [2.75, 3.05) is 26.4 Å². The Morgan fingerprint density at radius 1 is 0.493 bits per heavy atom. The summed E-state index contributed by atoms with van der Waals surface area (Å²) >= 11 is 0. The number of unbranched alkanes of at least 4 members (excludes halogenated alkanes) is 16. The molecule has 3 unspecified atom stereocenters. The van der Waals surface area contributed by atoms with Crippen LogP contribution in [0, 0.1) is 0 Å². The predicted molar refractivity (Wildman–Crippen MR) is 281 cm³/mol. The lowest BCUT2D eigenvalue weighted by atomic mass is 10.1. The van der Waals surface area contributed by atoms with E-state index in [4.69, 9.17) is 29.4 Å². The molecule has 0 aromatic heterocycles. The van der Waals surface area contributed by atoms with Gasteiger partial charge in [0.25, 0.3) is 0 Å². The second-order valence-corrected chi connectivity index (χ2v) is 18.4. The average Bonchev–Trinajstić information content (AvgIpc) is 3.31. The lowest BCUT2D eigenvalue weighted by molar-refractivity contribution is -0.154. The molecule has 0 aliphatic carbocycles. The quantitative estimate of drug-likeness (QED) is 0.0232. The Bertz CT molecular complexity index is 1480. The van der Waals surface area contributed by atoms with E-state index < -0.39 is 45.1 Å². The van der Waals surface area contributed by atoms with Crippen molar-refractivity contribution in [2.45, 2.75) is 206 Å². The van der Waals surface area contributed by atoms with Crippen LogP contribution in [-0.4, -0.2) is 60.5 Å². The van der Waals surface area contributed by atoms with Gasteiger partial charge in [0, 0.05) is 13.0 Å². The van der Waals surface area contributed by atoms with Crippen LogP contribution in [0.25, 0.3) is 0 Å². The Morgan fingerprint density at radius 2 is 0.866 bits per heavy atom. The second-order valence-electron chi connectivity index (χ2n) is 16.9. The number of phosphoric acid groups is 1. The molecule has 0 radical (unpaired) electrons. The summed E-state index contributed by atoms with van der Waals surface area (Å²) in [5.74, 6) is -1.81. The van der Waals surface area contributed by atoms with Crippen LogP contribution in [0.5, 0.6) is 0 Å². The van der Waals surface area contributed by atoms with Crippen molar-refractivity contribution in [1.29, 1.82) is 0 Å². The lowest BCUT2D eigenvalue weighted by Gasteiger charge is -2.20. The molecule has 0 heterocycles. The number of carbonyl (C=O) groups excluding carboxylic acids is 1. The molecule has 4 N–H and O–H groups in total. The van der Waals surface area contributed by atoms with Crippen molar-refractivity contribution in [3.8, 4) is 0 Å². The van der Waals surface area contributed by atoms with Gasteiger partial charge in [0.2, 0.25) is 0 Å². The third-order valence-electron chi connectivity index (χ3n) is 10.5. The molecule has 0 amide bonds. The number of nitrogens with two attached hydrogens (primary N) is 1. The highest BCUT2D eigenvalue weighted by Crippen LogP contribution is 2.43. The predicted octanol–water partition coefficient (Wildman–Crippen LogP) is 15.4. The Kier molecular flexibility index (Phi) is 48.0. The number of carboxylic acids is 1. The summed E-state index contributed by atoms with van der Waals surface area (Å²) in [4.78, 5) is 33.7. The topological polar surface area (TPSA) is 155 Å². The smallest absolute Gasteiger partial charge is 0.472 e. The maximum atomic E-state index is 12.7. The van der Waals surface area contributed by atoms with Crippen molar-refractivity contribution < 1.29 is 42.7 Å².